The maximum atomic E-state index is 6.06. The lowest BCUT2D eigenvalue weighted by Crippen LogP contribution is -2.12. The van der Waals surface area contributed by atoms with Crippen LogP contribution in [0.25, 0.3) is 0 Å². The highest BCUT2D eigenvalue weighted by Crippen LogP contribution is 2.17. The van der Waals surface area contributed by atoms with Gasteiger partial charge in [0, 0.05) is 0 Å². The van der Waals surface area contributed by atoms with Crippen molar-refractivity contribution in [2.75, 3.05) is 0 Å². The standard InChI is InChI=1S/C11H14N4/c1-2-8-4-3-5-9(6-8)11(12)10-7-13-15-14-10/h3-7,11H,2,12H2,1H3,(H,13,14,15). The van der Waals surface area contributed by atoms with E-state index in [1.54, 1.807) is 6.20 Å². The summed E-state index contributed by atoms with van der Waals surface area (Å²) < 4.78 is 0. The van der Waals surface area contributed by atoms with Crippen molar-refractivity contribution in [2.45, 2.75) is 19.4 Å². The fourth-order valence-corrected chi connectivity index (χ4v) is 1.54. The lowest BCUT2D eigenvalue weighted by molar-refractivity contribution is 0.807. The van der Waals surface area contributed by atoms with Crippen LogP contribution in [0.1, 0.15) is 29.8 Å². The van der Waals surface area contributed by atoms with Gasteiger partial charge >= 0.3 is 0 Å². The Morgan fingerprint density at radius 2 is 2.33 bits per heavy atom. The van der Waals surface area contributed by atoms with Gasteiger partial charge < -0.3 is 5.73 Å². The van der Waals surface area contributed by atoms with Crippen molar-refractivity contribution < 1.29 is 0 Å². The number of aromatic nitrogens is 3. The van der Waals surface area contributed by atoms with Crippen LogP contribution in [-0.2, 0) is 6.42 Å². The molecule has 0 bridgehead atoms. The Balaban J connectivity index is 2.29. The van der Waals surface area contributed by atoms with Crippen LogP contribution >= 0.6 is 0 Å². The molecule has 0 saturated heterocycles. The largest absolute Gasteiger partial charge is 0.319 e. The van der Waals surface area contributed by atoms with Crippen LogP contribution in [0.3, 0.4) is 0 Å². The summed E-state index contributed by atoms with van der Waals surface area (Å²) >= 11 is 0. The predicted octanol–water partition coefficient (Wildman–Crippen LogP) is 1.42. The molecular weight excluding hydrogens is 188 g/mol. The van der Waals surface area contributed by atoms with E-state index in [4.69, 9.17) is 5.73 Å². The van der Waals surface area contributed by atoms with Gasteiger partial charge in [-0.25, -0.2) is 0 Å². The summed E-state index contributed by atoms with van der Waals surface area (Å²) in [5, 5.41) is 10.3. The van der Waals surface area contributed by atoms with Crippen LogP contribution in [0, 0.1) is 0 Å². The minimum Gasteiger partial charge on any atom is -0.319 e. The molecule has 2 rings (SSSR count). The predicted molar refractivity (Wildman–Crippen MR) is 58.2 cm³/mol. The summed E-state index contributed by atoms with van der Waals surface area (Å²) in [7, 11) is 0. The zero-order valence-electron chi connectivity index (χ0n) is 8.64. The van der Waals surface area contributed by atoms with Crippen LogP contribution in [-0.4, -0.2) is 15.4 Å². The molecule has 0 aliphatic rings. The third-order valence-corrected chi connectivity index (χ3v) is 2.47. The molecule has 1 aromatic carbocycles. The molecule has 1 heterocycles. The van der Waals surface area contributed by atoms with Gasteiger partial charge in [-0.2, -0.15) is 15.4 Å². The molecule has 0 saturated carbocycles. The first-order valence-electron chi connectivity index (χ1n) is 5.01. The van der Waals surface area contributed by atoms with Crippen molar-refractivity contribution in [3.05, 3.63) is 47.3 Å². The van der Waals surface area contributed by atoms with Crippen molar-refractivity contribution >= 4 is 0 Å². The molecule has 0 radical (unpaired) electrons. The van der Waals surface area contributed by atoms with E-state index in [1.807, 2.05) is 12.1 Å². The Morgan fingerprint density at radius 3 is 3.00 bits per heavy atom. The zero-order valence-corrected chi connectivity index (χ0v) is 8.64. The van der Waals surface area contributed by atoms with Gasteiger partial charge in [0.1, 0.15) is 5.69 Å². The number of rotatable bonds is 3. The summed E-state index contributed by atoms with van der Waals surface area (Å²) in [5.74, 6) is 0. The van der Waals surface area contributed by atoms with E-state index in [-0.39, 0.29) is 6.04 Å². The quantitative estimate of drug-likeness (QED) is 0.790. The number of nitrogens with zero attached hydrogens (tertiary/aromatic N) is 2. The monoisotopic (exact) mass is 202 g/mol. The SMILES string of the molecule is CCc1cccc(C(N)c2cn[nH]n2)c1. The number of aromatic amines is 1. The zero-order chi connectivity index (χ0) is 10.7. The second-order valence-corrected chi connectivity index (χ2v) is 3.47. The Hall–Kier alpha value is -1.68. The van der Waals surface area contributed by atoms with Crippen molar-refractivity contribution in [3.63, 3.8) is 0 Å². The number of nitrogens with one attached hydrogen (secondary N) is 1. The van der Waals surface area contributed by atoms with E-state index in [0.717, 1.165) is 17.7 Å². The summed E-state index contributed by atoms with van der Waals surface area (Å²) in [6.45, 7) is 2.13. The van der Waals surface area contributed by atoms with Gasteiger partial charge in [0.05, 0.1) is 12.2 Å². The maximum absolute atomic E-state index is 6.06. The Bertz CT molecular complexity index is 422. The van der Waals surface area contributed by atoms with Crippen LogP contribution < -0.4 is 5.73 Å². The van der Waals surface area contributed by atoms with E-state index >= 15 is 0 Å². The average Bonchev–Trinajstić information content (AvgIpc) is 2.81. The molecule has 1 atom stereocenters. The van der Waals surface area contributed by atoms with Crippen LogP contribution in [0.15, 0.2) is 30.5 Å². The van der Waals surface area contributed by atoms with Crippen molar-refractivity contribution in [3.8, 4) is 0 Å². The van der Waals surface area contributed by atoms with Crippen molar-refractivity contribution in [1.29, 1.82) is 0 Å². The highest BCUT2D eigenvalue weighted by Gasteiger charge is 2.11. The van der Waals surface area contributed by atoms with Crippen molar-refractivity contribution in [1.82, 2.24) is 15.4 Å². The van der Waals surface area contributed by atoms with Crippen LogP contribution in [0.4, 0.5) is 0 Å². The number of hydrogen-bond donors (Lipinski definition) is 2. The molecule has 0 fully saturated rings. The highest BCUT2D eigenvalue weighted by molar-refractivity contribution is 5.30. The smallest absolute Gasteiger partial charge is 0.104 e. The minimum absolute atomic E-state index is 0.199. The molecule has 2 aromatic rings. The fraction of sp³-hybridized carbons (Fsp3) is 0.273. The lowest BCUT2D eigenvalue weighted by Gasteiger charge is -2.09. The highest BCUT2D eigenvalue weighted by atomic mass is 15.3. The topological polar surface area (TPSA) is 67.6 Å². The Morgan fingerprint density at radius 1 is 1.47 bits per heavy atom. The second-order valence-electron chi connectivity index (χ2n) is 3.47. The summed E-state index contributed by atoms with van der Waals surface area (Å²) in [5.41, 5.74) is 9.18. The van der Waals surface area contributed by atoms with Crippen molar-refractivity contribution in [2.24, 2.45) is 5.73 Å². The number of benzene rings is 1. The first-order chi connectivity index (χ1) is 7.31. The molecule has 3 N–H and O–H groups in total. The van der Waals surface area contributed by atoms with Gasteiger partial charge in [-0.1, -0.05) is 31.2 Å². The second kappa shape index (κ2) is 4.23. The average molecular weight is 202 g/mol. The Kier molecular flexibility index (Phi) is 2.78. The van der Waals surface area contributed by atoms with Crippen LogP contribution in [0.2, 0.25) is 0 Å². The molecule has 0 spiro atoms. The lowest BCUT2D eigenvalue weighted by atomic mass is 10.0. The van der Waals surface area contributed by atoms with E-state index in [2.05, 4.69) is 34.5 Å². The van der Waals surface area contributed by atoms with Gasteiger partial charge in [0.2, 0.25) is 0 Å². The van der Waals surface area contributed by atoms with E-state index < -0.39 is 0 Å². The molecule has 15 heavy (non-hydrogen) atoms. The fourth-order valence-electron chi connectivity index (χ4n) is 1.54. The molecule has 4 heteroatoms. The summed E-state index contributed by atoms with van der Waals surface area (Å²) in [4.78, 5) is 0. The third-order valence-electron chi connectivity index (χ3n) is 2.47. The molecule has 0 aliphatic carbocycles. The van der Waals surface area contributed by atoms with Gasteiger partial charge in [0.15, 0.2) is 0 Å². The molecule has 0 aliphatic heterocycles. The summed E-state index contributed by atoms with van der Waals surface area (Å²) in [6, 6.07) is 8.04. The molecule has 1 unspecified atom stereocenters. The van der Waals surface area contributed by atoms with Gasteiger partial charge in [-0.15, -0.1) is 0 Å². The molecular formula is C11H14N4. The number of aryl methyl sites for hydroxylation is 1. The van der Waals surface area contributed by atoms with Crippen LogP contribution in [0.5, 0.6) is 0 Å². The third kappa shape index (κ3) is 2.05. The van der Waals surface area contributed by atoms with Gasteiger partial charge in [-0.05, 0) is 17.5 Å². The van der Waals surface area contributed by atoms with E-state index in [1.165, 1.54) is 5.56 Å². The normalized spacial score (nSPS) is 12.7. The Labute approximate surface area is 88.5 Å². The number of H-pyrrole nitrogens is 1. The van der Waals surface area contributed by atoms with E-state index in [0.29, 0.717) is 0 Å². The molecule has 4 nitrogen and oxygen atoms in total. The van der Waals surface area contributed by atoms with Gasteiger partial charge in [-0.3, -0.25) is 0 Å². The minimum atomic E-state index is -0.199. The number of nitrogens with two attached hydrogens (primary N) is 1. The molecule has 1 aromatic heterocycles. The maximum Gasteiger partial charge on any atom is 0.104 e. The summed E-state index contributed by atoms with van der Waals surface area (Å²) in [6.07, 6.45) is 2.67. The molecule has 0 amide bonds. The van der Waals surface area contributed by atoms with E-state index in [9.17, 15) is 0 Å². The van der Waals surface area contributed by atoms with Gasteiger partial charge in [0.25, 0.3) is 0 Å². The molecule has 78 valence electrons. The first-order valence-corrected chi connectivity index (χ1v) is 5.01. The first kappa shape index (κ1) is 9.86. The number of hydrogen-bond acceptors (Lipinski definition) is 3.